The molecule has 2 nitrogen and oxygen atoms in total. The maximum atomic E-state index is 12.9. The summed E-state index contributed by atoms with van der Waals surface area (Å²) in [5, 5.41) is -0.122. The molecule has 0 N–H and O–H groups in total. The van der Waals surface area contributed by atoms with Gasteiger partial charge in [0.05, 0.1) is 13.3 Å². The van der Waals surface area contributed by atoms with Crippen molar-refractivity contribution in [1.82, 2.24) is 4.98 Å². The van der Waals surface area contributed by atoms with Crippen LogP contribution in [0.15, 0.2) is 6.20 Å². The van der Waals surface area contributed by atoms with Crippen LogP contribution in [0, 0.1) is 12.7 Å². The number of hydrogen-bond donors (Lipinski definition) is 0. The van der Waals surface area contributed by atoms with Crippen LogP contribution in [0.3, 0.4) is 0 Å². The molecular weight excluding hydrogens is 193 g/mol. The Kier molecular flexibility index (Phi) is 5.39. The largest absolute Gasteiger partial charge is 0.495 e. The Hall–Kier alpha value is -0.830. The SMILES string of the molecule is CC.COc1cnc(Cl)c(F)c1C. The van der Waals surface area contributed by atoms with Crippen LogP contribution >= 0.6 is 11.6 Å². The number of halogens is 2. The number of aromatic nitrogens is 1. The normalized spacial score (nSPS) is 8.77. The third kappa shape index (κ3) is 2.84. The van der Waals surface area contributed by atoms with Gasteiger partial charge in [0.2, 0.25) is 0 Å². The molecule has 0 saturated carbocycles. The van der Waals surface area contributed by atoms with Gasteiger partial charge in [0.25, 0.3) is 0 Å². The van der Waals surface area contributed by atoms with Crippen LogP contribution in [0.1, 0.15) is 19.4 Å². The first-order chi connectivity index (χ1) is 6.16. The van der Waals surface area contributed by atoms with Gasteiger partial charge in [-0.2, -0.15) is 0 Å². The minimum Gasteiger partial charge on any atom is -0.495 e. The molecular formula is C9H13ClFNO. The molecule has 74 valence electrons. The summed E-state index contributed by atoms with van der Waals surface area (Å²) in [4.78, 5) is 3.58. The highest BCUT2D eigenvalue weighted by molar-refractivity contribution is 6.29. The fourth-order valence-corrected chi connectivity index (χ4v) is 0.928. The highest BCUT2D eigenvalue weighted by Crippen LogP contribution is 2.23. The molecule has 0 aromatic carbocycles. The standard InChI is InChI=1S/C7H7ClFNO.C2H6/c1-4-5(11-2)3-10-7(8)6(4)9;1-2/h3H,1-2H3;1-2H3. The second-order valence-corrected chi connectivity index (χ2v) is 2.41. The highest BCUT2D eigenvalue weighted by atomic mass is 35.5. The zero-order valence-electron chi connectivity index (χ0n) is 8.19. The second-order valence-electron chi connectivity index (χ2n) is 2.06. The number of ether oxygens (including phenoxy) is 1. The maximum Gasteiger partial charge on any atom is 0.167 e. The van der Waals surface area contributed by atoms with Crippen molar-refractivity contribution in [3.8, 4) is 5.75 Å². The van der Waals surface area contributed by atoms with Gasteiger partial charge in [0, 0.05) is 5.56 Å². The third-order valence-corrected chi connectivity index (χ3v) is 1.66. The summed E-state index contributed by atoms with van der Waals surface area (Å²) in [6.07, 6.45) is 1.39. The Morgan fingerprint density at radius 1 is 1.46 bits per heavy atom. The van der Waals surface area contributed by atoms with E-state index < -0.39 is 5.82 Å². The van der Waals surface area contributed by atoms with Crippen LogP contribution in [-0.2, 0) is 0 Å². The average Bonchev–Trinajstić information content (AvgIpc) is 2.18. The quantitative estimate of drug-likeness (QED) is 0.657. The Bertz CT molecular complexity index is 279. The molecule has 13 heavy (non-hydrogen) atoms. The van der Waals surface area contributed by atoms with Crippen LogP contribution in [0.5, 0.6) is 5.75 Å². The molecule has 0 aliphatic heterocycles. The van der Waals surface area contributed by atoms with Crippen molar-refractivity contribution in [2.45, 2.75) is 20.8 Å². The van der Waals surface area contributed by atoms with E-state index in [2.05, 4.69) is 4.98 Å². The molecule has 0 saturated heterocycles. The van der Waals surface area contributed by atoms with Gasteiger partial charge in [-0.25, -0.2) is 9.37 Å². The predicted molar refractivity (Wildman–Crippen MR) is 51.8 cm³/mol. The minimum absolute atomic E-state index is 0.122. The van der Waals surface area contributed by atoms with Crippen molar-refractivity contribution in [2.75, 3.05) is 7.11 Å². The lowest BCUT2D eigenvalue weighted by Crippen LogP contribution is -1.93. The van der Waals surface area contributed by atoms with Gasteiger partial charge in [-0.05, 0) is 6.92 Å². The van der Waals surface area contributed by atoms with E-state index in [-0.39, 0.29) is 5.15 Å². The Labute approximate surface area is 82.7 Å². The number of methoxy groups -OCH3 is 1. The molecule has 0 bridgehead atoms. The van der Waals surface area contributed by atoms with Gasteiger partial charge in [-0.3, -0.25) is 0 Å². The molecule has 1 rings (SSSR count). The van der Waals surface area contributed by atoms with E-state index in [0.717, 1.165) is 0 Å². The molecule has 0 aliphatic carbocycles. The Morgan fingerprint density at radius 3 is 2.46 bits per heavy atom. The fourth-order valence-electron chi connectivity index (χ4n) is 0.737. The van der Waals surface area contributed by atoms with E-state index in [0.29, 0.717) is 11.3 Å². The number of hydrogen-bond acceptors (Lipinski definition) is 2. The van der Waals surface area contributed by atoms with E-state index in [1.54, 1.807) is 6.92 Å². The maximum absolute atomic E-state index is 12.9. The van der Waals surface area contributed by atoms with Crippen LogP contribution in [-0.4, -0.2) is 12.1 Å². The lowest BCUT2D eigenvalue weighted by atomic mass is 10.3. The molecule has 0 unspecified atom stereocenters. The zero-order valence-corrected chi connectivity index (χ0v) is 8.94. The lowest BCUT2D eigenvalue weighted by Gasteiger charge is -2.04. The van der Waals surface area contributed by atoms with Gasteiger partial charge < -0.3 is 4.74 Å². The van der Waals surface area contributed by atoms with Crippen molar-refractivity contribution in [2.24, 2.45) is 0 Å². The number of nitrogens with zero attached hydrogens (tertiary/aromatic N) is 1. The molecule has 1 heterocycles. The van der Waals surface area contributed by atoms with Crippen LogP contribution in [0.4, 0.5) is 4.39 Å². The van der Waals surface area contributed by atoms with Crippen molar-refractivity contribution in [3.63, 3.8) is 0 Å². The van der Waals surface area contributed by atoms with Gasteiger partial charge >= 0.3 is 0 Å². The van der Waals surface area contributed by atoms with Crippen LogP contribution in [0.2, 0.25) is 5.15 Å². The molecule has 0 aliphatic rings. The van der Waals surface area contributed by atoms with Crippen molar-refractivity contribution < 1.29 is 9.13 Å². The van der Waals surface area contributed by atoms with E-state index in [1.807, 2.05) is 13.8 Å². The first kappa shape index (κ1) is 12.2. The van der Waals surface area contributed by atoms with Crippen molar-refractivity contribution >= 4 is 11.6 Å². The highest BCUT2D eigenvalue weighted by Gasteiger charge is 2.08. The topological polar surface area (TPSA) is 22.1 Å². The molecule has 4 heteroatoms. The number of pyridine rings is 1. The summed E-state index contributed by atoms with van der Waals surface area (Å²) in [7, 11) is 1.46. The van der Waals surface area contributed by atoms with E-state index in [4.69, 9.17) is 16.3 Å². The summed E-state index contributed by atoms with van der Waals surface area (Å²) in [5.74, 6) is -0.113. The van der Waals surface area contributed by atoms with Crippen molar-refractivity contribution in [1.29, 1.82) is 0 Å². The smallest absolute Gasteiger partial charge is 0.167 e. The minimum atomic E-state index is -0.522. The van der Waals surface area contributed by atoms with E-state index in [9.17, 15) is 4.39 Å². The summed E-state index contributed by atoms with van der Waals surface area (Å²) < 4.78 is 17.7. The monoisotopic (exact) mass is 205 g/mol. The summed E-state index contributed by atoms with van der Waals surface area (Å²) in [6.45, 7) is 5.59. The van der Waals surface area contributed by atoms with E-state index >= 15 is 0 Å². The van der Waals surface area contributed by atoms with Gasteiger partial charge in [0.1, 0.15) is 5.75 Å². The van der Waals surface area contributed by atoms with E-state index in [1.165, 1.54) is 13.3 Å². The second kappa shape index (κ2) is 5.75. The summed E-state index contributed by atoms with van der Waals surface area (Å²) in [5.41, 5.74) is 0.382. The van der Waals surface area contributed by atoms with Gasteiger partial charge in [-0.15, -0.1) is 0 Å². The fraction of sp³-hybridized carbons (Fsp3) is 0.444. The molecule has 0 radical (unpaired) electrons. The van der Waals surface area contributed by atoms with Gasteiger partial charge in [-0.1, -0.05) is 25.4 Å². The van der Waals surface area contributed by atoms with Crippen LogP contribution in [0.25, 0.3) is 0 Å². The first-order valence-electron chi connectivity index (χ1n) is 4.01. The number of rotatable bonds is 1. The van der Waals surface area contributed by atoms with Crippen LogP contribution < -0.4 is 4.74 Å². The van der Waals surface area contributed by atoms with Crippen molar-refractivity contribution in [3.05, 3.63) is 22.7 Å². The average molecular weight is 206 g/mol. The molecule has 1 aromatic heterocycles. The lowest BCUT2D eigenvalue weighted by molar-refractivity contribution is 0.404. The third-order valence-electron chi connectivity index (χ3n) is 1.40. The molecule has 0 atom stereocenters. The first-order valence-corrected chi connectivity index (χ1v) is 4.39. The Balaban J connectivity index is 0.000000671. The summed E-state index contributed by atoms with van der Waals surface area (Å²) in [6, 6.07) is 0. The molecule has 0 spiro atoms. The Morgan fingerprint density at radius 2 is 2.00 bits per heavy atom. The molecule has 0 amide bonds. The van der Waals surface area contributed by atoms with Gasteiger partial charge in [0.15, 0.2) is 11.0 Å². The molecule has 0 fully saturated rings. The summed E-state index contributed by atoms with van der Waals surface area (Å²) >= 11 is 5.40. The molecule has 1 aromatic rings. The zero-order chi connectivity index (χ0) is 10.4. The predicted octanol–water partition coefficient (Wildman–Crippen LogP) is 3.22.